The third kappa shape index (κ3) is 3.06. The molecule has 122 valence electrons. The second-order valence-electron chi connectivity index (χ2n) is 6.06. The van der Waals surface area contributed by atoms with E-state index in [2.05, 4.69) is 0 Å². The minimum atomic E-state index is -0.233. The summed E-state index contributed by atoms with van der Waals surface area (Å²) in [6.45, 7) is 0.537. The second-order valence-corrected chi connectivity index (χ2v) is 6.06. The van der Waals surface area contributed by atoms with Gasteiger partial charge in [-0.1, -0.05) is 12.2 Å². The first-order valence-electron chi connectivity index (χ1n) is 7.84. The fourth-order valence-corrected chi connectivity index (χ4v) is 3.21. The highest BCUT2D eigenvalue weighted by Crippen LogP contribution is 2.35. The highest BCUT2D eigenvalue weighted by Gasteiger charge is 2.46. The molecule has 1 aromatic heterocycles. The van der Waals surface area contributed by atoms with Gasteiger partial charge in [0.25, 0.3) is 0 Å². The zero-order chi connectivity index (χ0) is 16.4. The summed E-state index contributed by atoms with van der Waals surface area (Å²) in [6, 6.07) is 3.57. The standard InChI is InChI=1S/C17H20N2O4/c1-18(11-12-5-4-10-23-12)15(20)8-9-19-16(21)13-6-2-3-7-14(13)17(19)22/h2-5,10,13-14H,6-9,11H2,1H3. The smallest absolute Gasteiger partial charge is 0.233 e. The normalized spacial score (nSPS) is 23.3. The molecule has 1 aromatic rings. The Balaban J connectivity index is 1.54. The van der Waals surface area contributed by atoms with E-state index in [1.54, 1.807) is 30.3 Å². The number of imide groups is 1. The lowest BCUT2D eigenvalue weighted by Gasteiger charge is -2.18. The minimum Gasteiger partial charge on any atom is -0.467 e. The summed E-state index contributed by atoms with van der Waals surface area (Å²) in [7, 11) is 1.68. The van der Waals surface area contributed by atoms with Crippen molar-refractivity contribution in [1.82, 2.24) is 9.80 Å². The molecule has 0 bridgehead atoms. The van der Waals surface area contributed by atoms with E-state index in [0.717, 1.165) is 0 Å². The maximum absolute atomic E-state index is 12.3. The fraction of sp³-hybridized carbons (Fsp3) is 0.471. The summed E-state index contributed by atoms with van der Waals surface area (Å²) in [6.07, 6.45) is 6.86. The average molecular weight is 316 g/mol. The Labute approximate surface area is 134 Å². The van der Waals surface area contributed by atoms with E-state index >= 15 is 0 Å². The molecule has 1 aliphatic carbocycles. The van der Waals surface area contributed by atoms with Crippen LogP contribution in [-0.4, -0.2) is 41.1 Å². The Morgan fingerprint density at radius 3 is 2.48 bits per heavy atom. The molecule has 3 rings (SSSR count). The van der Waals surface area contributed by atoms with Gasteiger partial charge in [-0.3, -0.25) is 19.3 Å². The number of carbonyl (C=O) groups is 3. The summed E-state index contributed by atoms with van der Waals surface area (Å²) >= 11 is 0. The molecule has 3 amide bonds. The van der Waals surface area contributed by atoms with Gasteiger partial charge in [0.05, 0.1) is 24.6 Å². The molecule has 0 spiro atoms. The lowest BCUT2D eigenvalue weighted by Crippen LogP contribution is -2.36. The monoisotopic (exact) mass is 316 g/mol. The van der Waals surface area contributed by atoms with Crippen molar-refractivity contribution in [2.45, 2.75) is 25.8 Å². The zero-order valence-electron chi connectivity index (χ0n) is 13.1. The molecule has 2 aliphatic rings. The van der Waals surface area contributed by atoms with Crippen LogP contribution in [0.25, 0.3) is 0 Å². The Morgan fingerprint density at radius 1 is 1.26 bits per heavy atom. The summed E-state index contributed by atoms with van der Waals surface area (Å²) < 4.78 is 5.21. The Hall–Kier alpha value is -2.37. The molecule has 2 atom stereocenters. The van der Waals surface area contributed by atoms with Gasteiger partial charge in [-0.05, 0) is 25.0 Å². The predicted molar refractivity (Wildman–Crippen MR) is 81.9 cm³/mol. The van der Waals surface area contributed by atoms with Crippen molar-refractivity contribution in [2.75, 3.05) is 13.6 Å². The Kier molecular flexibility index (Phi) is 4.32. The Morgan fingerprint density at radius 2 is 1.91 bits per heavy atom. The van der Waals surface area contributed by atoms with Crippen LogP contribution in [0.3, 0.4) is 0 Å². The summed E-state index contributed by atoms with van der Waals surface area (Å²) in [4.78, 5) is 39.6. The molecule has 0 N–H and O–H groups in total. The van der Waals surface area contributed by atoms with Crippen LogP contribution in [-0.2, 0) is 20.9 Å². The van der Waals surface area contributed by atoms with Crippen molar-refractivity contribution in [3.8, 4) is 0 Å². The largest absolute Gasteiger partial charge is 0.467 e. The number of hydrogen-bond donors (Lipinski definition) is 0. The topological polar surface area (TPSA) is 70.8 Å². The van der Waals surface area contributed by atoms with Gasteiger partial charge in [-0.2, -0.15) is 0 Å². The first kappa shape index (κ1) is 15.5. The van der Waals surface area contributed by atoms with Crippen LogP contribution in [0.5, 0.6) is 0 Å². The van der Waals surface area contributed by atoms with Crippen LogP contribution in [0.15, 0.2) is 35.0 Å². The van der Waals surface area contributed by atoms with E-state index in [-0.39, 0.29) is 42.5 Å². The molecule has 2 heterocycles. The van der Waals surface area contributed by atoms with Crippen molar-refractivity contribution >= 4 is 17.7 Å². The van der Waals surface area contributed by atoms with E-state index in [1.807, 2.05) is 12.2 Å². The lowest BCUT2D eigenvalue weighted by atomic mass is 9.85. The molecule has 23 heavy (non-hydrogen) atoms. The number of hydrogen-bond acceptors (Lipinski definition) is 4. The summed E-state index contributed by atoms with van der Waals surface area (Å²) in [5.74, 6) is -0.148. The van der Waals surface area contributed by atoms with Gasteiger partial charge < -0.3 is 9.32 Å². The third-order valence-electron chi connectivity index (χ3n) is 4.55. The molecule has 1 saturated heterocycles. The predicted octanol–water partition coefficient (Wildman–Crippen LogP) is 1.58. The molecule has 0 aromatic carbocycles. The molecular formula is C17H20N2O4. The Bertz CT molecular complexity index is 609. The zero-order valence-corrected chi connectivity index (χ0v) is 13.1. The quantitative estimate of drug-likeness (QED) is 0.611. The highest BCUT2D eigenvalue weighted by atomic mass is 16.3. The lowest BCUT2D eigenvalue weighted by molar-refractivity contribution is -0.140. The van der Waals surface area contributed by atoms with Crippen LogP contribution in [0.2, 0.25) is 0 Å². The van der Waals surface area contributed by atoms with Crippen molar-refractivity contribution in [2.24, 2.45) is 11.8 Å². The second kappa shape index (κ2) is 6.40. The van der Waals surface area contributed by atoms with Crippen LogP contribution in [0.1, 0.15) is 25.0 Å². The number of amides is 3. The molecule has 6 nitrogen and oxygen atoms in total. The number of carbonyl (C=O) groups excluding carboxylic acids is 3. The van der Waals surface area contributed by atoms with E-state index < -0.39 is 0 Å². The maximum Gasteiger partial charge on any atom is 0.233 e. The number of furan rings is 1. The first-order valence-corrected chi connectivity index (χ1v) is 7.84. The van der Waals surface area contributed by atoms with E-state index in [1.165, 1.54) is 4.90 Å². The van der Waals surface area contributed by atoms with Crippen molar-refractivity contribution in [3.05, 3.63) is 36.3 Å². The number of fused-ring (bicyclic) bond motifs is 1. The number of nitrogens with zero attached hydrogens (tertiary/aromatic N) is 2. The van der Waals surface area contributed by atoms with Gasteiger partial charge in [-0.25, -0.2) is 0 Å². The van der Waals surface area contributed by atoms with Gasteiger partial charge in [0.2, 0.25) is 17.7 Å². The number of likely N-dealkylation sites (tertiary alicyclic amines) is 1. The molecule has 2 unspecified atom stereocenters. The van der Waals surface area contributed by atoms with Crippen LogP contribution < -0.4 is 0 Å². The molecular weight excluding hydrogens is 296 g/mol. The fourth-order valence-electron chi connectivity index (χ4n) is 3.21. The van der Waals surface area contributed by atoms with Crippen LogP contribution in [0, 0.1) is 11.8 Å². The molecule has 1 fully saturated rings. The molecule has 0 saturated carbocycles. The maximum atomic E-state index is 12.3. The number of allylic oxidation sites excluding steroid dienone is 2. The van der Waals surface area contributed by atoms with Crippen LogP contribution in [0.4, 0.5) is 0 Å². The van der Waals surface area contributed by atoms with Crippen molar-refractivity contribution in [1.29, 1.82) is 0 Å². The van der Waals surface area contributed by atoms with Gasteiger partial charge in [0, 0.05) is 20.0 Å². The van der Waals surface area contributed by atoms with Crippen molar-refractivity contribution in [3.63, 3.8) is 0 Å². The third-order valence-corrected chi connectivity index (χ3v) is 4.55. The highest BCUT2D eigenvalue weighted by molar-refractivity contribution is 6.05. The first-order chi connectivity index (χ1) is 11.1. The van der Waals surface area contributed by atoms with Gasteiger partial charge in [0.1, 0.15) is 5.76 Å². The van der Waals surface area contributed by atoms with Gasteiger partial charge in [-0.15, -0.1) is 0 Å². The van der Waals surface area contributed by atoms with E-state index in [4.69, 9.17) is 4.42 Å². The van der Waals surface area contributed by atoms with Crippen LogP contribution >= 0.6 is 0 Å². The average Bonchev–Trinajstić information content (AvgIpc) is 3.14. The van der Waals surface area contributed by atoms with Crippen molar-refractivity contribution < 1.29 is 18.8 Å². The molecule has 0 radical (unpaired) electrons. The van der Waals surface area contributed by atoms with Gasteiger partial charge in [0.15, 0.2) is 0 Å². The summed E-state index contributed by atoms with van der Waals surface area (Å²) in [5.41, 5.74) is 0. The van der Waals surface area contributed by atoms with E-state index in [9.17, 15) is 14.4 Å². The minimum absolute atomic E-state index is 0.116. The van der Waals surface area contributed by atoms with E-state index in [0.29, 0.717) is 25.1 Å². The van der Waals surface area contributed by atoms with Gasteiger partial charge >= 0.3 is 0 Å². The molecule has 6 heteroatoms. The summed E-state index contributed by atoms with van der Waals surface area (Å²) in [5, 5.41) is 0. The SMILES string of the molecule is CN(Cc1ccco1)C(=O)CCN1C(=O)C2CC=CCC2C1=O. The number of rotatable bonds is 5. The molecule has 1 aliphatic heterocycles.